The highest BCUT2D eigenvalue weighted by Gasteiger charge is 2.20. The Hall–Kier alpha value is -4.30. The van der Waals surface area contributed by atoms with Gasteiger partial charge in [0.25, 0.3) is 0 Å². The predicted octanol–water partition coefficient (Wildman–Crippen LogP) is 7.60. The first-order chi connectivity index (χ1) is 17.7. The van der Waals surface area contributed by atoms with Gasteiger partial charge in [-0.3, -0.25) is 0 Å². The molecule has 0 aliphatic rings. The van der Waals surface area contributed by atoms with Crippen LogP contribution >= 0.6 is 0 Å². The van der Waals surface area contributed by atoms with Crippen molar-refractivity contribution in [3.8, 4) is 0 Å². The van der Waals surface area contributed by atoms with Gasteiger partial charge in [-0.25, -0.2) is 0 Å². The van der Waals surface area contributed by atoms with Crippen molar-refractivity contribution >= 4 is 11.4 Å². The molecule has 0 aliphatic heterocycles. The quantitative estimate of drug-likeness (QED) is 0.230. The van der Waals surface area contributed by atoms with Crippen molar-refractivity contribution < 1.29 is 0 Å². The minimum atomic E-state index is 0.233. The van der Waals surface area contributed by atoms with Gasteiger partial charge in [-0.1, -0.05) is 109 Å². The van der Waals surface area contributed by atoms with Gasteiger partial charge in [-0.15, -0.1) is 0 Å². The molecule has 178 valence electrons. The molecule has 36 heavy (non-hydrogen) atoms. The number of hydrogen-bond acceptors (Lipinski definition) is 2. The predicted molar refractivity (Wildman–Crippen MR) is 152 cm³/mol. The van der Waals surface area contributed by atoms with Crippen molar-refractivity contribution in [2.45, 2.75) is 24.7 Å². The highest BCUT2D eigenvalue weighted by atomic mass is 14.5. The lowest BCUT2D eigenvalue weighted by atomic mass is 9.81. The highest BCUT2D eigenvalue weighted by molar-refractivity contribution is 5.46. The summed E-state index contributed by atoms with van der Waals surface area (Å²) in [6.07, 6.45) is 1.79. The van der Waals surface area contributed by atoms with Gasteiger partial charge in [0.2, 0.25) is 0 Å². The summed E-state index contributed by atoms with van der Waals surface area (Å²) < 4.78 is 0. The molecule has 2 nitrogen and oxygen atoms in total. The first-order valence-corrected chi connectivity index (χ1v) is 12.5. The van der Waals surface area contributed by atoms with E-state index in [2.05, 4.69) is 109 Å². The molecule has 2 heteroatoms. The van der Waals surface area contributed by atoms with Crippen LogP contribution in [0, 0.1) is 0 Å². The maximum absolute atomic E-state index is 6.11. The molecular weight excluding hydrogens is 436 g/mol. The average Bonchev–Trinajstić information content (AvgIpc) is 2.91. The monoisotopic (exact) mass is 468 g/mol. The highest BCUT2D eigenvalue weighted by Crippen LogP contribution is 2.34. The van der Waals surface area contributed by atoms with E-state index in [0.29, 0.717) is 0 Å². The Bertz CT molecular complexity index is 1300. The fourth-order valence-corrected chi connectivity index (χ4v) is 5.13. The normalized spacial score (nSPS) is 12.7. The van der Waals surface area contributed by atoms with Crippen LogP contribution in [0.5, 0.6) is 0 Å². The third-order valence-electron chi connectivity index (χ3n) is 6.90. The van der Waals surface area contributed by atoms with Crippen LogP contribution in [-0.4, -0.2) is 0 Å². The van der Waals surface area contributed by atoms with Crippen LogP contribution in [0.3, 0.4) is 0 Å². The van der Waals surface area contributed by atoms with Crippen molar-refractivity contribution in [3.05, 3.63) is 167 Å². The zero-order valence-electron chi connectivity index (χ0n) is 20.4. The molecule has 0 heterocycles. The topological polar surface area (TPSA) is 52.0 Å². The van der Waals surface area contributed by atoms with E-state index in [-0.39, 0.29) is 11.8 Å². The molecule has 0 spiro atoms. The second-order valence-corrected chi connectivity index (χ2v) is 9.49. The van der Waals surface area contributed by atoms with Crippen LogP contribution in [0.25, 0.3) is 0 Å². The summed E-state index contributed by atoms with van der Waals surface area (Å²) in [5.41, 5.74) is 21.6. The van der Waals surface area contributed by atoms with Crippen LogP contribution < -0.4 is 11.5 Å². The van der Waals surface area contributed by atoms with Gasteiger partial charge in [-0.05, 0) is 70.5 Å². The largest absolute Gasteiger partial charge is 0.399 e. The van der Waals surface area contributed by atoms with Crippen molar-refractivity contribution in [3.63, 3.8) is 0 Å². The third-order valence-corrected chi connectivity index (χ3v) is 6.90. The van der Waals surface area contributed by atoms with Crippen LogP contribution in [0.15, 0.2) is 133 Å². The molecule has 0 aliphatic carbocycles. The van der Waals surface area contributed by atoms with E-state index in [1.54, 1.807) is 0 Å². The molecule has 0 saturated heterocycles. The van der Waals surface area contributed by atoms with Gasteiger partial charge in [-0.2, -0.15) is 0 Å². The lowest BCUT2D eigenvalue weighted by Gasteiger charge is -2.23. The Balaban J connectivity index is 1.55. The number of anilines is 2. The molecule has 0 fully saturated rings. The molecule has 0 aromatic heterocycles. The molecule has 4 N–H and O–H groups in total. The van der Waals surface area contributed by atoms with Gasteiger partial charge >= 0.3 is 0 Å². The summed E-state index contributed by atoms with van der Waals surface area (Å²) in [7, 11) is 0. The van der Waals surface area contributed by atoms with E-state index in [1.807, 2.05) is 24.3 Å². The second kappa shape index (κ2) is 11.0. The summed E-state index contributed by atoms with van der Waals surface area (Å²) in [5, 5.41) is 0. The van der Waals surface area contributed by atoms with Gasteiger partial charge in [0.1, 0.15) is 0 Å². The number of benzene rings is 5. The zero-order chi connectivity index (χ0) is 24.7. The molecular formula is C34H32N2. The van der Waals surface area contributed by atoms with E-state index in [1.165, 1.54) is 33.4 Å². The molecule has 0 amide bonds. The molecule has 0 radical (unpaired) electrons. The maximum Gasteiger partial charge on any atom is 0.0316 e. The average molecular weight is 469 g/mol. The Labute approximate surface area is 214 Å². The Morgan fingerprint density at radius 1 is 0.389 bits per heavy atom. The number of rotatable bonds is 8. The number of nitrogens with two attached hydrogens (primary N) is 2. The lowest BCUT2D eigenvalue weighted by molar-refractivity contribution is 0.780. The smallest absolute Gasteiger partial charge is 0.0316 e. The van der Waals surface area contributed by atoms with Gasteiger partial charge in [0.15, 0.2) is 0 Å². The fraction of sp³-hybridized carbons (Fsp3) is 0.118. The minimum Gasteiger partial charge on any atom is -0.399 e. The van der Waals surface area contributed by atoms with E-state index < -0.39 is 0 Å². The van der Waals surface area contributed by atoms with Crippen molar-refractivity contribution in [1.29, 1.82) is 0 Å². The van der Waals surface area contributed by atoms with Crippen molar-refractivity contribution in [2.75, 3.05) is 11.5 Å². The van der Waals surface area contributed by atoms with Crippen LogP contribution in [-0.2, 0) is 12.8 Å². The van der Waals surface area contributed by atoms with Gasteiger partial charge in [0, 0.05) is 23.2 Å². The first kappa shape index (κ1) is 23.4. The van der Waals surface area contributed by atoms with Crippen molar-refractivity contribution in [1.82, 2.24) is 0 Å². The maximum atomic E-state index is 6.11. The van der Waals surface area contributed by atoms with E-state index in [0.717, 1.165) is 24.2 Å². The molecule has 2 atom stereocenters. The standard InChI is InChI=1S/C34H32N2/c35-31-18-7-10-25(20-31)22-33(27-12-3-1-4-13-27)29-16-9-17-30(24-29)34(28-14-5-2-6-15-28)23-26-11-8-19-32(36)21-26/h1-21,24,33-34H,22-23,35-36H2. The Morgan fingerprint density at radius 3 is 1.19 bits per heavy atom. The molecule has 0 saturated carbocycles. The summed E-state index contributed by atoms with van der Waals surface area (Å²) in [6.45, 7) is 0. The van der Waals surface area contributed by atoms with Gasteiger partial charge < -0.3 is 11.5 Å². The summed E-state index contributed by atoms with van der Waals surface area (Å²) >= 11 is 0. The minimum absolute atomic E-state index is 0.233. The lowest BCUT2D eigenvalue weighted by Crippen LogP contribution is -2.09. The summed E-state index contributed by atoms with van der Waals surface area (Å²) in [6, 6.07) is 47.2. The summed E-state index contributed by atoms with van der Waals surface area (Å²) in [5.74, 6) is 0.466. The molecule has 0 bridgehead atoms. The Morgan fingerprint density at radius 2 is 0.778 bits per heavy atom. The van der Waals surface area contributed by atoms with Crippen LogP contribution in [0.4, 0.5) is 11.4 Å². The molecule has 2 unspecified atom stereocenters. The third kappa shape index (κ3) is 5.67. The van der Waals surface area contributed by atoms with E-state index in [9.17, 15) is 0 Å². The first-order valence-electron chi connectivity index (χ1n) is 12.5. The second-order valence-electron chi connectivity index (χ2n) is 9.49. The van der Waals surface area contributed by atoms with Crippen LogP contribution in [0.2, 0.25) is 0 Å². The SMILES string of the molecule is Nc1cccc(CC(c2ccccc2)c2cccc(C(Cc3cccc(N)c3)c3ccccc3)c2)c1. The summed E-state index contributed by atoms with van der Waals surface area (Å²) in [4.78, 5) is 0. The molecule has 5 rings (SSSR count). The zero-order valence-corrected chi connectivity index (χ0v) is 20.4. The van der Waals surface area contributed by atoms with Crippen molar-refractivity contribution in [2.24, 2.45) is 0 Å². The van der Waals surface area contributed by atoms with E-state index >= 15 is 0 Å². The molecule has 5 aromatic rings. The van der Waals surface area contributed by atoms with Crippen LogP contribution in [0.1, 0.15) is 45.2 Å². The van der Waals surface area contributed by atoms with E-state index in [4.69, 9.17) is 11.5 Å². The fourth-order valence-electron chi connectivity index (χ4n) is 5.13. The number of nitrogen functional groups attached to an aromatic ring is 2. The number of hydrogen-bond donors (Lipinski definition) is 2. The Kier molecular flexibility index (Phi) is 7.14. The molecule has 5 aromatic carbocycles. The van der Waals surface area contributed by atoms with Gasteiger partial charge in [0.05, 0.1) is 0 Å².